The Bertz CT molecular complexity index is 780. The van der Waals surface area contributed by atoms with Gasteiger partial charge in [0, 0.05) is 37.0 Å². The van der Waals surface area contributed by atoms with E-state index in [0.717, 1.165) is 54.5 Å². The SMILES string of the molecule is Cc1cc(NC2CCOCC2)c2[nH]c(C3=NC(CCO)CS3)cc2c1. The zero-order chi connectivity index (χ0) is 17.2. The Labute approximate surface area is 152 Å². The number of aliphatic imine (C=N–C) groups is 1. The van der Waals surface area contributed by atoms with Gasteiger partial charge >= 0.3 is 0 Å². The minimum Gasteiger partial charge on any atom is -0.396 e. The van der Waals surface area contributed by atoms with Crippen molar-refractivity contribution in [2.45, 2.75) is 38.3 Å². The minimum atomic E-state index is 0.201. The van der Waals surface area contributed by atoms with E-state index in [1.165, 1.54) is 16.6 Å². The van der Waals surface area contributed by atoms with Crippen molar-refractivity contribution >= 4 is 33.4 Å². The average molecular weight is 359 g/mol. The van der Waals surface area contributed by atoms with E-state index in [4.69, 9.17) is 14.8 Å². The summed E-state index contributed by atoms with van der Waals surface area (Å²) < 4.78 is 5.47. The Kier molecular flexibility index (Phi) is 5.01. The molecule has 0 aliphatic carbocycles. The maximum Gasteiger partial charge on any atom is 0.114 e. The highest BCUT2D eigenvalue weighted by Gasteiger charge is 2.21. The second-order valence-electron chi connectivity index (χ2n) is 6.90. The normalized spacial score (nSPS) is 21.7. The summed E-state index contributed by atoms with van der Waals surface area (Å²) in [6, 6.07) is 7.34. The second kappa shape index (κ2) is 7.40. The van der Waals surface area contributed by atoms with Crippen LogP contribution in [-0.2, 0) is 4.74 Å². The fraction of sp³-hybridized carbons (Fsp3) is 0.526. The van der Waals surface area contributed by atoms with Crippen molar-refractivity contribution in [2.75, 3.05) is 30.9 Å². The van der Waals surface area contributed by atoms with Crippen LogP contribution >= 0.6 is 11.8 Å². The molecule has 2 aromatic rings. The maximum absolute atomic E-state index is 9.12. The highest BCUT2D eigenvalue weighted by Crippen LogP contribution is 2.31. The van der Waals surface area contributed by atoms with E-state index in [-0.39, 0.29) is 12.6 Å². The third-order valence-corrected chi connectivity index (χ3v) is 6.01. The van der Waals surface area contributed by atoms with Gasteiger partial charge < -0.3 is 20.1 Å². The number of aliphatic hydroxyl groups is 1. The number of nitrogens with zero attached hydrogens (tertiary/aromatic N) is 1. The van der Waals surface area contributed by atoms with E-state index in [1.807, 2.05) is 0 Å². The number of aliphatic hydroxyl groups excluding tert-OH is 1. The number of rotatable bonds is 5. The molecular weight excluding hydrogens is 334 g/mol. The van der Waals surface area contributed by atoms with Gasteiger partial charge in [-0.2, -0.15) is 0 Å². The lowest BCUT2D eigenvalue weighted by atomic mass is 10.1. The molecule has 0 radical (unpaired) electrons. The van der Waals surface area contributed by atoms with Gasteiger partial charge in [0.2, 0.25) is 0 Å². The number of hydrogen-bond donors (Lipinski definition) is 3. The molecule has 0 bridgehead atoms. The van der Waals surface area contributed by atoms with Gasteiger partial charge in [-0.1, -0.05) is 0 Å². The highest BCUT2D eigenvalue weighted by molar-refractivity contribution is 8.14. The van der Waals surface area contributed by atoms with Crippen molar-refractivity contribution in [3.8, 4) is 0 Å². The van der Waals surface area contributed by atoms with Crippen LogP contribution in [0, 0.1) is 6.92 Å². The zero-order valence-electron chi connectivity index (χ0n) is 14.5. The molecule has 2 aliphatic heterocycles. The van der Waals surface area contributed by atoms with E-state index in [1.54, 1.807) is 11.8 Å². The van der Waals surface area contributed by atoms with Crippen LogP contribution < -0.4 is 5.32 Å². The highest BCUT2D eigenvalue weighted by atomic mass is 32.2. The standard InChI is InChI=1S/C19H25N3O2S/c1-12-8-13-10-17(19-21-15(2-5-23)11-25-19)22-18(13)16(9-12)20-14-3-6-24-7-4-14/h8-10,14-15,20,22-23H,2-7,11H2,1H3. The van der Waals surface area contributed by atoms with Crippen LogP contribution in [0.3, 0.4) is 0 Å². The lowest BCUT2D eigenvalue weighted by molar-refractivity contribution is 0.0905. The second-order valence-corrected chi connectivity index (χ2v) is 7.91. The number of nitrogens with one attached hydrogen (secondary N) is 2. The van der Waals surface area contributed by atoms with Crippen LogP contribution in [0.4, 0.5) is 5.69 Å². The number of aryl methyl sites for hydroxylation is 1. The first-order valence-electron chi connectivity index (χ1n) is 9.02. The molecule has 6 heteroatoms. The number of H-pyrrole nitrogens is 1. The van der Waals surface area contributed by atoms with Gasteiger partial charge in [-0.05, 0) is 49.9 Å². The number of hydrogen-bond acceptors (Lipinski definition) is 5. The quantitative estimate of drug-likeness (QED) is 0.766. The van der Waals surface area contributed by atoms with Gasteiger partial charge in [-0.15, -0.1) is 11.8 Å². The van der Waals surface area contributed by atoms with Crippen LogP contribution in [0.1, 0.15) is 30.5 Å². The summed E-state index contributed by atoms with van der Waals surface area (Å²) in [6.07, 6.45) is 2.84. The molecule has 1 aromatic heterocycles. The molecular formula is C19H25N3O2S. The Hall–Kier alpha value is -1.50. The maximum atomic E-state index is 9.12. The predicted octanol–water partition coefficient (Wildman–Crippen LogP) is 3.31. The molecule has 0 spiro atoms. The molecule has 1 saturated heterocycles. The number of thioether (sulfide) groups is 1. The third kappa shape index (κ3) is 3.71. The minimum absolute atomic E-state index is 0.201. The molecule has 1 unspecified atom stereocenters. The van der Waals surface area contributed by atoms with Gasteiger partial charge in [-0.25, -0.2) is 0 Å². The van der Waals surface area contributed by atoms with E-state index in [9.17, 15) is 0 Å². The van der Waals surface area contributed by atoms with Crippen LogP contribution in [-0.4, -0.2) is 52.8 Å². The van der Waals surface area contributed by atoms with E-state index >= 15 is 0 Å². The van der Waals surface area contributed by atoms with Gasteiger partial charge in [0.1, 0.15) is 5.04 Å². The Morgan fingerprint density at radius 3 is 2.96 bits per heavy atom. The van der Waals surface area contributed by atoms with Gasteiger partial charge in [0.15, 0.2) is 0 Å². The fourth-order valence-corrected chi connectivity index (χ4v) is 4.63. The van der Waals surface area contributed by atoms with Crippen LogP contribution in [0.15, 0.2) is 23.2 Å². The fourth-order valence-electron chi connectivity index (χ4n) is 3.54. The van der Waals surface area contributed by atoms with Crippen LogP contribution in [0.25, 0.3) is 10.9 Å². The monoisotopic (exact) mass is 359 g/mol. The van der Waals surface area contributed by atoms with Crippen molar-refractivity contribution in [1.29, 1.82) is 0 Å². The number of fused-ring (bicyclic) bond motifs is 1. The third-order valence-electron chi connectivity index (χ3n) is 4.86. The van der Waals surface area contributed by atoms with E-state index in [0.29, 0.717) is 6.04 Å². The molecule has 3 N–H and O–H groups in total. The first-order chi connectivity index (χ1) is 12.2. The summed E-state index contributed by atoms with van der Waals surface area (Å²) in [5, 5.41) is 15.1. The summed E-state index contributed by atoms with van der Waals surface area (Å²) >= 11 is 1.78. The molecule has 0 amide bonds. The zero-order valence-corrected chi connectivity index (χ0v) is 15.4. The molecule has 25 heavy (non-hydrogen) atoms. The van der Waals surface area contributed by atoms with Gasteiger partial charge in [0.25, 0.3) is 0 Å². The summed E-state index contributed by atoms with van der Waals surface area (Å²) in [4.78, 5) is 8.34. The Morgan fingerprint density at radius 1 is 1.32 bits per heavy atom. The molecule has 3 heterocycles. The molecule has 5 nitrogen and oxygen atoms in total. The summed E-state index contributed by atoms with van der Waals surface area (Å²) in [6.45, 7) is 4.01. The molecule has 134 valence electrons. The summed E-state index contributed by atoms with van der Waals surface area (Å²) in [5.41, 5.74) is 4.66. The molecule has 1 fully saturated rings. The smallest absolute Gasteiger partial charge is 0.114 e. The number of aromatic amines is 1. The van der Waals surface area contributed by atoms with E-state index < -0.39 is 0 Å². The van der Waals surface area contributed by atoms with Crippen LogP contribution in [0.5, 0.6) is 0 Å². The number of aromatic nitrogens is 1. The van der Waals surface area contributed by atoms with Crippen molar-refractivity contribution in [3.05, 3.63) is 29.5 Å². The van der Waals surface area contributed by atoms with Crippen molar-refractivity contribution < 1.29 is 9.84 Å². The lowest BCUT2D eigenvalue weighted by Crippen LogP contribution is -2.27. The molecule has 1 atom stereocenters. The number of ether oxygens (including phenoxy) is 1. The van der Waals surface area contributed by atoms with Gasteiger partial charge in [0.05, 0.1) is 22.9 Å². The van der Waals surface area contributed by atoms with Crippen molar-refractivity contribution in [3.63, 3.8) is 0 Å². The molecule has 0 saturated carbocycles. The van der Waals surface area contributed by atoms with E-state index in [2.05, 4.69) is 35.4 Å². The number of anilines is 1. The van der Waals surface area contributed by atoms with Gasteiger partial charge in [-0.3, -0.25) is 4.99 Å². The lowest BCUT2D eigenvalue weighted by Gasteiger charge is -2.24. The van der Waals surface area contributed by atoms with Crippen molar-refractivity contribution in [1.82, 2.24) is 4.98 Å². The topological polar surface area (TPSA) is 69.6 Å². The first-order valence-corrected chi connectivity index (χ1v) is 10.0. The largest absolute Gasteiger partial charge is 0.396 e. The summed E-state index contributed by atoms with van der Waals surface area (Å²) in [5.74, 6) is 0.956. The molecule has 2 aliphatic rings. The molecule has 1 aromatic carbocycles. The van der Waals surface area contributed by atoms with Crippen LogP contribution in [0.2, 0.25) is 0 Å². The Balaban J connectivity index is 1.63. The van der Waals surface area contributed by atoms with Crippen molar-refractivity contribution in [2.24, 2.45) is 4.99 Å². The number of benzene rings is 1. The average Bonchev–Trinajstić information content (AvgIpc) is 3.23. The molecule has 4 rings (SSSR count). The summed E-state index contributed by atoms with van der Waals surface area (Å²) in [7, 11) is 0. The first kappa shape index (κ1) is 16.9. The Morgan fingerprint density at radius 2 is 2.16 bits per heavy atom. The predicted molar refractivity (Wildman–Crippen MR) is 105 cm³/mol.